The molecule has 4 aromatic carbocycles. The van der Waals surface area contributed by atoms with Crippen molar-refractivity contribution < 1.29 is 28.6 Å². The Kier molecular flexibility index (Phi) is 7.00. The number of nitrogens with zero attached hydrogens (tertiary/aromatic N) is 1. The third kappa shape index (κ3) is 4.14. The zero-order valence-electron chi connectivity index (χ0n) is 24.7. The summed E-state index contributed by atoms with van der Waals surface area (Å²) in [5, 5.41) is 3.05. The number of Topliss-reactive ketones (excluding diaryl/α,β-unsaturated/α-hetero) is 2. The normalized spacial score (nSPS) is 22.4. The first-order valence-corrected chi connectivity index (χ1v) is 15.2. The summed E-state index contributed by atoms with van der Waals surface area (Å²) in [5.41, 5.74) is 2.19. The number of halogens is 1. The van der Waals surface area contributed by atoms with Crippen molar-refractivity contribution in [3.63, 3.8) is 0 Å². The minimum Gasteiger partial charge on any atom is -0.493 e. The minimum atomic E-state index is -1.44. The Labute approximate surface area is 268 Å². The van der Waals surface area contributed by atoms with Gasteiger partial charge in [0.15, 0.2) is 23.1 Å². The topological polar surface area (TPSA) is 94.2 Å². The standard InChI is InChI=1S/C36H29BrN2O6/c1-43-27-18-22(19-28(44-2)34(27)45-3)32(40)30-31(33(41)21-12-15-23(37)16-13-21)39-26-11-7-4-8-20(26)14-17-29(39)36(30)24-9-5-6-10-25(24)38-35(36)42/h4-19,29-31H,1-3H3,(H,38,42). The van der Waals surface area contributed by atoms with Crippen LogP contribution in [0.2, 0.25) is 0 Å². The summed E-state index contributed by atoms with van der Waals surface area (Å²) in [6.07, 6.45) is 3.92. The lowest BCUT2D eigenvalue weighted by molar-refractivity contribution is -0.121. The van der Waals surface area contributed by atoms with Crippen molar-refractivity contribution in [2.45, 2.75) is 17.5 Å². The van der Waals surface area contributed by atoms with Crippen molar-refractivity contribution in [1.29, 1.82) is 0 Å². The van der Waals surface area contributed by atoms with E-state index in [2.05, 4.69) is 21.2 Å². The maximum Gasteiger partial charge on any atom is 0.238 e. The van der Waals surface area contributed by atoms with Crippen molar-refractivity contribution in [3.05, 3.63) is 118 Å². The molecule has 0 aliphatic carbocycles. The van der Waals surface area contributed by atoms with Crippen LogP contribution in [0.3, 0.4) is 0 Å². The van der Waals surface area contributed by atoms with Crippen molar-refractivity contribution in [1.82, 2.24) is 0 Å². The molecule has 0 aromatic heterocycles. The van der Waals surface area contributed by atoms with Crippen LogP contribution in [0.15, 0.2) is 95.5 Å². The lowest BCUT2D eigenvalue weighted by Gasteiger charge is -2.37. The molecule has 4 unspecified atom stereocenters. The van der Waals surface area contributed by atoms with Crippen LogP contribution < -0.4 is 24.4 Å². The number of rotatable bonds is 7. The summed E-state index contributed by atoms with van der Waals surface area (Å²) in [6.45, 7) is 0. The molecule has 45 heavy (non-hydrogen) atoms. The molecule has 8 nitrogen and oxygen atoms in total. The molecule has 1 N–H and O–H groups in total. The molecule has 3 aliphatic heterocycles. The highest BCUT2D eigenvalue weighted by atomic mass is 79.9. The monoisotopic (exact) mass is 664 g/mol. The molecule has 4 atom stereocenters. The number of hydrogen-bond donors (Lipinski definition) is 1. The number of anilines is 2. The summed E-state index contributed by atoms with van der Waals surface area (Å²) in [5.74, 6) is -1.21. The van der Waals surface area contributed by atoms with Gasteiger partial charge in [-0.1, -0.05) is 76.6 Å². The van der Waals surface area contributed by atoms with Gasteiger partial charge < -0.3 is 24.4 Å². The van der Waals surface area contributed by atoms with Crippen LogP contribution in [0.5, 0.6) is 17.2 Å². The van der Waals surface area contributed by atoms with Gasteiger partial charge in [0.1, 0.15) is 11.5 Å². The number of ketones is 2. The Morgan fingerprint density at radius 2 is 1.49 bits per heavy atom. The maximum absolute atomic E-state index is 15.2. The molecule has 1 spiro atoms. The van der Waals surface area contributed by atoms with Gasteiger partial charge in [-0.25, -0.2) is 0 Å². The van der Waals surface area contributed by atoms with Gasteiger partial charge in [-0.05, 0) is 47.5 Å². The number of benzene rings is 4. The number of amides is 1. The van der Waals surface area contributed by atoms with Crippen molar-refractivity contribution in [3.8, 4) is 17.2 Å². The third-order valence-electron chi connectivity index (χ3n) is 9.17. The Morgan fingerprint density at radius 3 is 2.18 bits per heavy atom. The number of fused-ring (bicyclic) bond motifs is 6. The molecular weight excluding hydrogens is 636 g/mol. The summed E-state index contributed by atoms with van der Waals surface area (Å²) in [4.78, 5) is 46.6. The fourth-order valence-corrected chi connectivity index (χ4v) is 7.57. The molecule has 3 aliphatic rings. The van der Waals surface area contributed by atoms with Crippen LogP contribution in [-0.4, -0.2) is 50.9 Å². The van der Waals surface area contributed by atoms with E-state index in [1.54, 1.807) is 36.4 Å². The van der Waals surface area contributed by atoms with Crippen molar-refractivity contribution in [2.24, 2.45) is 5.92 Å². The van der Waals surface area contributed by atoms with Crippen LogP contribution >= 0.6 is 15.9 Å². The number of hydrogen-bond acceptors (Lipinski definition) is 7. The zero-order valence-corrected chi connectivity index (χ0v) is 26.3. The summed E-state index contributed by atoms with van der Waals surface area (Å²) >= 11 is 3.46. The highest BCUT2D eigenvalue weighted by molar-refractivity contribution is 9.10. The van der Waals surface area contributed by atoms with Crippen LogP contribution in [0, 0.1) is 5.92 Å². The molecule has 7 rings (SSSR count). The van der Waals surface area contributed by atoms with E-state index in [1.165, 1.54) is 21.3 Å². The number of carbonyl (C=O) groups excluding carboxylic acids is 3. The number of nitrogens with one attached hydrogen (secondary N) is 1. The van der Waals surface area contributed by atoms with E-state index in [1.807, 2.05) is 65.6 Å². The van der Waals surface area contributed by atoms with E-state index >= 15 is 4.79 Å². The highest BCUT2D eigenvalue weighted by Gasteiger charge is 2.70. The maximum atomic E-state index is 15.2. The van der Waals surface area contributed by atoms with E-state index in [-0.39, 0.29) is 17.3 Å². The lowest BCUT2D eigenvalue weighted by Crippen LogP contribution is -2.51. The van der Waals surface area contributed by atoms with E-state index in [9.17, 15) is 9.59 Å². The SMILES string of the molecule is COc1cc(C(=O)C2C(C(=O)c3ccc(Br)cc3)N3c4ccccc4C=CC3C23C(=O)Nc2ccccc23)cc(OC)c1OC. The molecule has 0 radical (unpaired) electrons. The van der Waals surface area contributed by atoms with Gasteiger partial charge in [-0.3, -0.25) is 14.4 Å². The summed E-state index contributed by atoms with van der Waals surface area (Å²) in [7, 11) is 4.44. The van der Waals surface area contributed by atoms with Gasteiger partial charge >= 0.3 is 0 Å². The fourth-order valence-electron chi connectivity index (χ4n) is 7.31. The first-order valence-electron chi connectivity index (χ1n) is 14.5. The van der Waals surface area contributed by atoms with Gasteiger partial charge in [0, 0.05) is 27.0 Å². The quantitative estimate of drug-likeness (QED) is 0.231. The second-order valence-corrected chi connectivity index (χ2v) is 12.1. The number of carbonyl (C=O) groups is 3. The number of methoxy groups -OCH3 is 3. The largest absolute Gasteiger partial charge is 0.493 e. The molecule has 1 amide bonds. The second-order valence-electron chi connectivity index (χ2n) is 11.2. The van der Waals surface area contributed by atoms with Gasteiger partial charge in [-0.2, -0.15) is 0 Å². The van der Waals surface area contributed by atoms with Gasteiger partial charge in [0.2, 0.25) is 11.7 Å². The van der Waals surface area contributed by atoms with Crippen LogP contribution in [-0.2, 0) is 10.2 Å². The molecule has 0 bridgehead atoms. The first-order chi connectivity index (χ1) is 21.8. The average Bonchev–Trinajstić information content (AvgIpc) is 3.55. The predicted octanol–water partition coefficient (Wildman–Crippen LogP) is 6.33. The number of para-hydroxylation sites is 2. The Hall–Kier alpha value is -4.89. The summed E-state index contributed by atoms with van der Waals surface area (Å²) in [6, 6.07) is 23.7. The molecule has 3 heterocycles. The van der Waals surface area contributed by atoms with Crippen molar-refractivity contribution in [2.75, 3.05) is 31.5 Å². The van der Waals surface area contributed by atoms with E-state index in [4.69, 9.17) is 14.2 Å². The minimum absolute atomic E-state index is 0.233. The van der Waals surface area contributed by atoms with E-state index in [0.717, 1.165) is 15.7 Å². The third-order valence-corrected chi connectivity index (χ3v) is 9.70. The molecule has 1 saturated heterocycles. The van der Waals surface area contributed by atoms with Gasteiger partial charge in [0.25, 0.3) is 0 Å². The molecule has 4 aromatic rings. The molecule has 1 fully saturated rings. The van der Waals surface area contributed by atoms with Crippen LogP contribution in [0.4, 0.5) is 11.4 Å². The summed E-state index contributed by atoms with van der Waals surface area (Å²) < 4.78 is 17.5. The Morgan fingerprint density at radius 1 is 0.822 bits per heavy atom. The van der Waals surface area contributed by atoms with Gasteiger partial charge in [0.05, 0.1) is 33.3 Å². The lowest BCUT2D eigenvalue weighted by atomic mass is 9.64. The smallest absolute Gasteiger partial charge is 0.238 e. The Balaban J connectivity index is 1.53. The Bertz CT molecular complexity index is 1880. The second kappa shape index (κ2) is 10.9. The van der Waals surface area contributed by atoms with E-state index in [0.29, 0.717) is 34.1 Å². The molecular formula is C36H29BrN2O6. The highest BCUT2D eigenvalue weighted by Crippen LogP contribution is 2.58. The molecule has 226 valence electrons. The first kappa shape index (κ1) is 28.9. The zero-order chi connectivity index (χ0) is 31.5. The molecule has 0 saturated carbocycles. The number of ether oxygens (including phenoxy) is 3. The van der Waals surface area contributed by atoms with Gasteiger partial charge in [-0.15, -0.1) is 0 Å². The van der Waals surface area contributed by atoms with Crippen LogP contribution in [0.1, 0.15) is 31.8 Å². The van der Waals surface area contributed by atoms with Crippen LogP contribution in [0.25, 0.3) is 6.08 Å². The van der Waals surface area contributed by atoms with E-state index < -0.39 is 29.2 Å². The predicted molar refractivity (Wildman–Crippen MR) is 175 cm³/mol. The fraction of sp³-hybridized carbons (Fsp3) is 0.194. The average molecular weight is 666 g/mol. The van der Waals surface area contributed by atoms with Crippen molar-refractivity contribution >= 4 is 50.9 Å². The molecule has 9 heteroatoms.